The zero-order valence-electron chi connectivity index (χ0n) is 18.9. The van der Waals surface area contributed by atoms with E-state index in [-0.39, 0.29) is 5.88 Å². The van der Waals surface area contributed by atoms with Gasteiger partial charge in [0.15, 0.2) is 11.5 Å². The van der Waals surface area contributed by atoms with Crippen molar-refractivity contribution >= 4 is 29.0 Å². The molecule has 170 valence electrons. The van der Waals surface area contributed by atoms with Gasteiger partial charge in [-0.1, -0.05) is 25.3 Å². The van der Waals surface area contributed by atoms with Crippen molar-refractivity contribution in [1.29, 1.82) is 0 Å². The minimum atomic E-state index is -0.788. The van der Waals surface area contributed by atoms with Crippen LogP contribution in [0.15, 0.2) is 42.6 Å². The predicted molar refractivity (Wildman–Crippen MR) is 128 cm³/mol. The predicted octanol–water partition coefficient (Wildman–Crippen LogP) is 5.92. The maximum atomic E-state index is 12.5. The molecule has 1 N–H and O–H groups in total. The van der Waals surface area contributed by atoms with Crippen molar-refractivity contribution in [3.8, 4) is 22.8 Å². The van der Waals surface area contributed by atoms with Crippen LogP contribution in [0.4, 0.5) is 5.82 Å². The van der Waals surface area contributed by atoms with Crippen LogP contribution in [-0.4, -0.2) is 34.4 Å². The number of hydrogen-bond acceptors (Lipinski definition) is 5. The molecule has 0 unspecified atom stereocenters. The Kier molecular flexibility index (Phi) is 6.60. The Bertz CT molecular complexity index is 1100. The van der Waals surface area contributed by atoms with E-state index in [0.29, 0.717) is 17.5 Å². The average Bonchev–Trinajstić information content (AvgIpc) is 3.18. The summed E-state index contributed by atoms with van der Waals surface area (Å²) < 4.78 is 13.2. The van der Waals surface area contributed by atoms with Crippen LogP contribution in [0.2, 0.25) is 0 Å². The number of rotatable bonds is 7. The van der Waals surface area contributed by atoms with E-state index in [2.05, 4.69) is 9.72 Å². The topological polar surface area (TPSA) is 64.9 Å². The van der Waals surface area contributed by atoms with Gasteiger partial charge < -0.3 is 14.8 Å². The maximum absolute atomic E-state index is 12.5. The van der Waals surface area contributed by atoms with Crippen LogP contribution in [0.25, 0.3) is 16.9 Å². The molecule has 0 atom stereocenters. The zero-order valence-corrected chi connectivity index (χ0v) is 19.6. The molecule has 0 radical (unpaired) electrons. The van der Waals surface area contributed by atoms with E-state index in [4.69, 9.17) is 26.1 Å². The monoisotopic (exact) mass is 455 g/mol. The van der Waals surface area contributed by atoms with Gasteiger partial charge in [-0.2, -0.15) is 0 Å². The number of carbonyl (C=O) groups is 1. The maximum Gasteiger partial charge on any atom is 0.318 e. The van der Waals surface area contributed by atoms with Gasteiger partial charge in [-0.3, -0.25) is 9.20 Å². The number of ether oxygens (including phenoxy) is 2. The van der Waals surface area contributed by atoms with Crippen LogP contribution >= 0.6 is 11.6 Å². The molecule has 2 aromatic heterocycles. The number of nitrogens with one attached hydrogen (secondary N) is 1. The van der Waals surface area contributed by atoms with Gasteiger partial charge in [-0.25, -0.2) is 4.98 Å². The van der Waals surface area contributed by atoms with Crippen LogP contribution in [0.1, 0.15) is 46.0 Å². The fraction of sp³-hybridized carbons (Fsp3) is 0.440. The molecule has 4 rings (SSSR count). The van der Waals surface area contributed by atoms with Crippen molar-refractivity contribution in [2.24, 2.45) is 5.41 Å². The second-order valence-electron chi connectivity index (χ2n) is 8.99. The first-order valence-corrected chi connectivity index (χ1v) is 11.7. The lowest BCUT2D eigenvalue weighted by Crippen LogP contribution is -2.30. The van der Waals surface area contributed by atoms with Crippen LogP contribution in [0.3, 0.4) is 0 Å². The summed E-state index contributed by atoms with van der Waals surface area (Å²) in [5, 5.41) is 3.74. The van der Waals surface area contributed by atoms with Gasteiger partial charge in [-0.15, -0.1) is 11.6 Å². The molecule has 2 heterocycles. The number of nitrogens with zero attached hydrogens (tertiary/aromatic N) is 2. The molecule has 7 heteroatoms. The Hall–Kier alpha value is -2.73. The van der Waals surface area contributed by atoms with E-state index in [0.717, 1.165) is 35.6 Å². The quantitative estimate of drug-likeness (QED) is 0.272. The lowest BCUT2D eigenvalue weighted by Gasteiger charge is -2.24. The zero-order chi connectivity index (χ0) is 22.7. The molecule has 0 bridgehead atoms. The van der Waals surface area contributed by atoms with Crippen molar-refractivity contribution in [1.82, 2.24) is 9.38 Å². The van der Waals surface area contributed by atoms with Gasteiger partial charge in [0.05, 0.1) is 12.5 Å². The normalized spacial score (nSPS) is 15.0. The third-order valence-corrected chi connectivity index (χ3v) is 6.67. The van der Waals surface area contributed by atoms with Crippen LogP contribution < -0.4 is 14.8 Å². The number of alkyl halides is 1. The van der Waals surface area contributed by atoms with Gasteiger partial charge in [-0.05, 0) is 57.0 Å². The van der Waals surface area contributed by atoms with E-state index in [1.165, 1.54) is 19.3 Å². The van der Waals surface area contributed by atoms with Crippen molar-refractivity contribution in [3.63, 3.8) is 0 Å². The fourth-order valence-corrected chi connectivity index (χ4v) is 4.08. The minimum absolute atomic E-state index is 0.170. The summed E-state index contributed by atoms with van der Waals surface area (Å²) in [5.74, 6) is 1.59. The number of pyridine rings is 1. The Morgan fingerprint density at radius 2 is 1.97 bits per heavy atom. The summed E-state index contributed by atoms with van der Waals surface area (Å²) in [7, 11) is 1.56. The second kappa shape index (κ2) is 9.41. The van der Waals surface area contributed by atoms with Crippen LogP contribution in [0, 0.1) is 5.41 Å². The average molecular weight is 456 g/mol. The Morgan fingerprint density at radius 3 is 2.69 bits per heavy atom. The highest BCUT2D eigenvalue weighted by atomic mass is 35.5. The highest BCUT2D eigenvalue weighted by Gasteiger charge is 2.30. The molecule has 3 aromatic rings. The van der Waals surface area contributed by atoms with E-state index in [1.54, 1.807) is 27.0 Å². The van der Waals surface area contributed by atoms with Gasteiger partial charge >= 0.3 is 5.97 Å². The minimum Gasteiger partial charge on any atom is -0.493 e. The number of esters is 1. The molecule has 0 saturated heterocycles. The van der Waals surface area contributed by atoms with Gasteiger partial charge in [0.1, 0.15) is 17.2 Å². The van der Waals surface area contributed by atoms with Crippen molar-refractivity contribution in [3.05, 3.63) is 42.6 Å². The molecule has 1 aliphatic carbocycles. The first kappa shape index (κ1) is 22.5. The van der Waals surface area contributed by atoms with Crippen LogP contribution in [-0.2, 0) is 4.79 Å². The van der Waals surface area contributed by atoms with E-state index >= 15 is 0 Å². The molecule has 0 amide bonds. The standard InChI is InChI=1S/C25H30ClN3O3/c1-25(2,16-26)24(30)32-19-13-12-17(15-20(19)31-3)22-23(27-18-9-5-4-6-10-18)29-14-8-7-11-21(29)28-22/h7-8,11-15,18,27H,4-6,9-10,16H2,1-3H3. The molecular formula is C25H30ClN3O3. The molecule has 6 nitrogen and oxygen atoms in total. The van der Waals surface area contributed by atoms with Crippen molar-refractivity contribution < 1.29 is 14.3 Å². The van der Waals surface area contributed by atoms with E-state index < -0.39 is 11.4 Å². The molecule has 1 fully saturated rings. The first-order valence-electron chi connectivity index (χ1n) is 11.1. The van der Waals surface area contributed by atoms with Crippen molar-refractivity contribution in [2.75, 3.05) is 18.3 Å². The number of imidazole rings is 1. The lowest BCUT2D eigenvalue weighted by atomic mass is 9.95. The molecular weight excluding hydrogens is 426 g/mol. The van der Waals surface area contributed by atoms with Crippen molar-refractivity contribution in [2.45, 2.75) is 52.0 Å². The summed E-state index contributed by atoms with van der Waals surface area (Å²) in [4.78, 5) is 17.4. The summed E-state index contributed by atoms with van der Waals surface area (Å²) in [5.41, 5.74) is 1.82. The number of fused-ring (bicyclic) bond motifs is 1. The molecule has 0 aliphatic heterocycles. The summed E-state index contributed by atoms with van der Waals surface area (Å²) >= 11 is 5.92. The summed E-state index contributed by atoms with van der Waals surface area (Å²) in [6.45, 7) is 3.51. The number of aromatic nitrogens is 2. The Morgan fingerprint density at radius 1 is 1.19 bits per heavy atom. The SMILES string of the molecule is COc1cc(-c2nc3ccccn3c2NC2CCCCC2)ccc1OC(=O)C(C)(C)CCl. The third kappa shape index (κ3) is 4.56. The molecule has 1 aliphatic rings. The molecule has 32 heavy (non-hydrogen) atoms. The first-order chi connectivity index (χ1) is 15.4. The van der Waals surface area contributed by atoms with Gasteiger partial charge in [0.25, 0.3) is 0 Å². The van der Waals surface area contributed by atoms with E-state index in [1.807, 2.05) is 36.5 Å². The summed E-state index contributed by atoms with van der Waals surface area (Å²) in [6, 6.07) is 12.0. The molecule has 0 spiro atoms. The fourth-order valence-electron chi connectivity index (χ4n) is 3.97. The largest absolute Gasteiger partial charge is 0.493 e. The van der Waals surface area contributed by atoms with Gasteiger partial charge in [0.2, 0.25) is 0 Å². The molecule has 1 saturated carbocycles. The number of hydrogen-bond donors (Lipinski definition) is 1. The number of anilines is 1. The lowest BCUT2D eigenvalue weighted by molar-refractivity contribution is -0.142. The number of halogens is 1. The number of benzene rings is 1. The third-order valence-electron chi connectivity index (χ3n) is 6.00. The highest BCUT2D eigenvalue weighted by Crippen LogP contribution is 2.37. The molecule has 1 aromatic carbocycles. The Balaban J connectivity index is 1.70. The van der Waals surface area contributed by atoms with E-state index in [9.17, 15) is 4.79 Å². The summed E-state index contributed by atoms with van der Waals surface area (Å²) in [6.07, 6.45) is 8.14. The smallest absolute Gasteiger partial charge is 0.318 e. The second-order valence-corrected chi connectivity index (χ2v) is 9.26. The van der Waals surface area contributed by atoms with Crippen LogP contribution in [0.5, 0.6) is 11.5 Å². The highest BCUT2D eigenvalue weighted by molar-refractivity contribution is 6.19. The number of carbonyl (C=O) groups excluding carboxylic acids is 1. The Labute approximate surface area is 193 Å². The van der Waals surface area contributed by atoms with Gasteiger partial charge in [0, 0.05) is 23.7 Å². The number of methoxy groups -OCH3 is 1.